The normalized spacial score (nSPS) is 10.7. The van der Waals surface area contributed by atoms with Gasteiger partial charge in [-0.15, -0.1) is 0 Å². The van der Waals surface area contributed by atoms with Crippen LogP contribution in [0.15, 0.2) is 48.5 Å². The molecule has 0 atom stereocenters. The smallest absolute Gasteiger partial charge is 0.414 e. The number of carbonyl (C=O) groups excluding carboxylic acids is 1. The van der Waals surface area contributed by atoms with Gasteiger partial charge >= 0.3 is 6.09 Å². The highest BCUT2D eigenvalue weighted by Gasteiger charge is 2.20. The van der Waals surface area contributed by atoms with E-state index < -0.39 is 0 Å². The fourth-order valence-corrected chi connectivity index (χ4v) is 2.20. The lowest BCUT2D eigenvalue weighted by atomic mass is 10.0. The van der Waals surface area contributed by atoms with Crippen molar-refractivity contribution in [3.8, 4) is 16.9 Å². The monoisotopic (exact) mass is 426 g/mol. The topological polar surface area (TPSA) is 29.5 Å². The van der Waals surface area contributed by atoms with Crippen molar-refractivity contribution < 1.29 is 33.5 Å². The zero-order valence-electron chi connectivity index (χ0n) is 14.2. The molecule has 0 aliphatic rings. The maximum absolute atomic E-state index is 11.7. The molecule has 0 aliphatic heterocycles. The molecule has 0 heterocycles. The number of hydrogen-bond acceptors (Lipinski definition) is 2. The van der Waals surface area contributed by atoms with E-state index in [9.17, 15) is 4.79 Å². The second-order valence-electron chi connectivity index (χ2n) is 6.32. The van der Waals surface area contributed by atoms with Gasteiger partial charge in [0, 0.05) is 25.7 Å². The minimum atomic E-state index is -0.378. The molecule has 5 heteroatoms. The average Bonchev–Trinajstić information content (AvgIpc) is 2.46. The zero-order valence-corrected chi connectivity index (χ0v) is 16.4. The third-order valence-electron chi connectivity index (χ3n) is 3.35. The minimum Gasteiger partial charge on any atom is -1.00 e. The van der Waals surface area contributed by atoms with Gasteiger partial charge in [-0.25, -0.2) is 4.79 Å². The van der Waals surface area contributed by atoms with E-state index >= 15 is 0 Å². The van der Waals surface area contributed by atoms with Crippen LogP contribution in [-0.2, 0) is 0 Å². The van der Waals surface area contributed by atoms with Crippen molar-refractivity contribution in [1.82, 2.24) is 9.38 Å². The molecule has 0 saturated carbocycles. The Labute approximate surface area is 155 Å². The van der Waals surface area contributed by atoms with E-state index in [1.165, 1.54) is 4.90 Å². The molecule has 1 amide bonds. The van der Waals surface area contributed by atoms with Crippen LogP contribution in [0.2, 0.25) is 0 Å². The summed E-state index contributed by atoms with van der Waals surface area (Å²) in [5, 5.41) is 0. The number of halogens is 1. The molecular formula is C18H23IN2O2. The fraction of sp³-hybridized carbons (Fsp3) is 0.278. The third-order valence-corrected chi connectivity index (χ3v) is 3.35. The van der Waals surface area contributed by atoms with E-state index in [1.54, 1.807) is 14.1 Å². The molecule has 2 rings (SSSR count). The van der Waals surface area contributed by atoms with Gasteiger partial charge in [-0.05, 0) is 17.7 Å². The standard InChI is InChI=1S/C18H23N2O2.HI/c1-19(2)18(21)22-15-11-12-17(20(3,4)5)16(13-15)14-9-7-6-8-10-14;/h6-13H,1-5H3;1H/q+1;/p-1. The van der Waals surface area contributed by atoms with Gasteiger partial charge in [-0.2, -0.15) is 0 Å². The second kappa shape index (κ2) is 7.79. The van der Waals surface area contributed by atoms with Crippen molar-refractivity contribution >= 4 is 11.8 Å². The van der Waals surface area contributed by atoms with Crippen molar-refractivity contribution in [2.45, 2.75) is 0 Å². The predicted octanol–water partition coefficient (Wildman–Crippen LogP) is 0.615. The first kappa shape index (κ1) is 19.4. The van der Waals surface area contributed by atoms with Crippen LogP contribution >= 0.6 is 0 Å². The Morgan fingerprint density at radius 3 is 2.13 bits per heavy atom. The summed E-state index contributed by atoms with van der Waals surface area (Å²) in [6.45, 7) is 0. The maximum atomic E-state index is 11.7. The van der Waals surface area contributed by atoms with Crippen molar-refractivity contribution in [3.63, 3.8) is 0 Å². The number of amides is 1. The highest BCUT2D eigenvalue weighted by atomic mass is 127. The quantitative estimate of drug-likeness (QED) is 0.532. The molecule has 4 nitrogen and oxygen atoms in total. The lowest BCUT2D eigenvalue weighted by Crippen LogP contribution is -3.00. The van der Waals surface area contributed by atoms with Crippen LogP contribution in [0.25, 0.3) is 11.1 Å². The van der Waals surface area contributed by atoms with Gasteiger partial charge in [-0.3, -0.25) is 4.48 Å². The van der Waals surface area contributed by atoms with Gasteiger partial charge in [0.05, 0.1) is 21.1 Å². The summed E-state index contributed by atoms with van der Waals surface area (Å²) in [6, 6.07) is 15.9. The van der Waals surface area contributed by atoms with E-state index in [-0.39, 0.29) is 30.1 Å². The molecule has 0 aliphatic carbocycles. The largest absolute Gasteiger partial charge is 1.00 e. The van der Waals surface area contributed by atoms with E-state index in [2.05, 4.69) is 33.3 Å². The number of rotatable bonds is 3. The minimum absolute atomic E-state index is 0. The van der Waals surface area contributed by atoms with Gasteiger partial charge in [0.15, 0.2) is 0 Å². The molecule has 0 spiro atoms. The first-order chi connectivity index (χ1) is 10.3. The number of hydrogen-bond donors (Lipinski definition) is 0. The maximum Gasteiger partial charge on any atom is 0.414 e. The SMILES string of the molecule is CN(C)C(=O)Oc1ccc([N+](C)(C)C)c(-c2ccccc2)c1.[I-]. The summed E-state index contributed by atoms with van der Waals surface area (Å²) < 4.78 is 6.07. The van der Waals surface area contributed by atoms with Crippen LogP contribution in [0.3, 0.4) is 0 Å². The second-order valence-corrected chi connectivity index (χ2v) is 6.32. The zero-order chi connectivity index (χ0) is 16.3. The molecule has 0 aromatic heterocycles. The van der Waals surface area contributed by atoms with Gasteiger partial charge in [0.25, 0.3) is 0 Å². The molecule has 2 aromatic rings. The molecule has 23 heavy (non-hydrogen) atoms. The molecule has 0 radical (unpaired) electrons. The van der Waals surface area contributed by atoms with Crippen LogP contribution in [0.5, 0.6) is 5.75 Å². The molecule has 0 bridgehead atoms. The summed E-state index contributed by atoms with van der Waals surface area (Å²) in [6.07, 6.45) is -0.378. The van der Waals surface area contributed by atoms with Crippen molar-refractivity contribution in [3.05, 3.63) is 48.5 Å². The lowest BCUT2D eigenvalue weighted by Gasteiger charge is -2.26. The first-order valence-electron chi connectivity index (χ1n) is 7.19. The van der Waals surface area contributed by atoms with Gasteiger partial charge in [0.1, 0.15) is 11.4 Å². The molecule has 0 fully saturated rings. The van der Waals surface area contributed by atoms with Gasteiger partial charge < -0.3 is 33.6 Å². The Kier molecular flexibility index (Phi) is 6.58. The summed E-state index contributed by atoms with van der Waals surface area (Å²) in [4.78, 5) is 13.2. The molecular weight excluding hydrogens is 403 g/mol. The van der Waals surface area contributed by atoms with Crippen molar-refractivity contribution in [2.75, 3.05) is 35.2 Å². The third kappa shape index (κ3) is 4.94. The first-order valence-corrected chi connectivity index (χ1v) is 7.19. The summed E-state index contributed by atoms with van der Waals surface area (Å²) >= 11 is 0. The highest BCUT2D eigenvalue weighted by Crippen LogP contribution is 2.35. The molecule has 0 unspecified atom stereocenters. The van der Waals surface area contributed by atoms with Crippen LogP contribution in [0, 0.1) is 0 Å². The van der Waals surface area contributed by atoms with Crippen LogP contribution < -0.4 is 33.2 Å². The van der Waals surface area contributed by atoms with E-state index in [0.717, 1.165) is 16.8 Å². The van der Waals surface area contributed by atoms with Crippen LogP contribution in [0.4, 0.5) is 10.5 Å². The average molecular weight is 426 g/mol. The molecule has 124 valence electrons. The van der Waals surface area contributed by atoms with E-state index in [4.69, 9.17) is 4.74 Å². The van der Waals surface area contributed by atoms with Gasteiger partial charge in [0.2, 0.25) is 0 Å². The Bertz CT molecular complexity index is 664. The van der Waals surface area contributed by atoms with Crippen LogP contribution in [0.1, 0.15) is 0 Å². The highest BCUT2D eigenvalue weighted by molar-refractivity contribution is 5.79. The predicted molar refractivity (Wildman–Crippen MR) is 91.2 cm³/mol. The van der Waals surface area contributed by atoms with Crippen LogP contribution in [-0.4, -0.2) is 46.2 Å². The summed E-state index contributed by atoms with van der Waals surface area (Å²) in [5.41, 5.74) is 3.33. The Balaban J connectivity index is 0.00000264. The lowest BCUT2D eigenvalue weighted by molar-refractivity contribution is -0.00000988. The molecule has 2 aromatic carbocycles. The Morgan fingerprint density at radius 2 is 1.61 bits per heavy atom. The summed E-state index contributed by atoms with van der Waals surface area (Å²) in [7, 11) is 9.69. The number of quaternary nitrogens is 1. The number of carbonyl (C=O) groups is 1. The van der Waals surface area contributed by atoms with E-state index in [1.807, 2.05) is 36.4 Å². The number of ether oxygens (including phenoxy) is 1. The Morgan fingerprint density at radius 1 is 1.00 bits per heavy atom. The van der Waals surface area contributed by atoms with Gasteiger partial charge in [-0.1, -0.05) is 30.3 Å². The van der Waals surface area contributed by atoms with Crippen molar-refractivity contribution in [2.24, 2.45) is 0 Å². The fourth-order valence-electron chi connectivity index (χ4n) is 2.20. The summed E-state index contributed by atoms with van der Waals surface area (Å²) in [5.74, 6) is 0.551. The number of benzene rings is 2. The molecule has 0 saturated heterocycles. The van der Waals surface area contributed by atoms with E-state index in [0.29, 0.717) is 10.2 Å². The van der Waals surface area contributed by atoms with Crippen molar-refractivity contribution in [1.29, 1.82) is 0 Å². The molecule has 0 N–H and O–H groups in total. The Hall–Kier alpha value is -1.60. The number of nitrogens with zero attached hydrogens (tertiary/aromatic N) is 2.